The molecule has 2 atom stereocenters. The predicted molar refractivity (Wildman–Crippen MR) is 105 cm³/mol. The first kappa shape index (κ1) is 19.5. The third kappa shape index (κ3) is 5.38. The van der Waals surface area contributed by atoms with Gasteiger partial charge < -0.3 is 15.4 Å². The van der Waals surface area contributed by atoms with Crippen molar-refractivity contribution in [1.29, 1.82) is 0 Å². The Balaban J connectivity index is 1.59. The van der Waals surface area contributed by atoms with Crippen LogP contribution in [0, 0.1) is 0 Å². The van der Waals surface area contributed by atoms with E-state index in [1.54, 1.807) is 11.3 Å². The fraction of sp³-hybridized carbons (Fsp3) is 0.400. The monoisotopic (exact) mass is 387 g/mol. The summed E-state index contributed by atoms with van der Waals surface area (Å²) in [4.78, 5) is 28.0. The molecule has 0 bridgehead atoms. The molecular formula is C20H25N3O3S. The minimum Gasteiger partial charge on any atom is -0.379 e. The van der Waals surface area contributed by atoms with Crippen molar-refractivity contribution in [3.63, 3.8) is 0 Å². The molecule has 2 aromatic rings. The van der Waals surface area contributed by atoms with Crippen molar-refractivity contribution >= 4 is 23.2 Å². The number of amides is 2. The van der Waals surface area contributed by atoms with Crippen LogP contribution in [0.4, 0.5) is 0 Å². The number of hydrogen-bond donors (Lipinski definition) is 2. The van der Waals surface area contributed by atoms with Crippen molar-refractivity contribution < 1.29 is 14.3 Å². The lowest BCUT2D eigenvalue weighted by Crippen LogP contribution is -2.51. The average molecular weight is 388 g/mol. The molecule has 2 N–H and O–H groups in total. The van der Waals surface area contributed by atoms with E-state index in [1.165, 1.54) is 4.88 Å². The van der Waals surface area contributed by atoms with Crippen molar-refractivity contribution in [1.82, 2.24) is 15.5 Å². The summed E-state index contributed by atoms with van der Waals surface area (Å²) in [5.74, 6) is -1.22. The zero-order valence-corrected chi connectivity index (χ0v) is 16.2. The van der Waals surface area contributed by atoms with E-state index >= 15 is 0 Å². The van der Waals surface area contributed by atoms with Gasteiger partial charge in [0.1, 0.15) is 0 Å². The van der Waals surface area contributed by atoms with Gasteiger partial charge in [-0.15, -0.1) is 11.3 Å². The molecule has 144 valence electrons. The first-order valence-electron chi connectivity index (χ1n) is 9.13. The molecule has 3 rings (SSSR count). The number of ether oxygens (including phenoxy) is 1. The maximum Gasteiger partial charge on any atom is 0.309 e. The van der Waals surface area contributed by atoms with Gasteiger partial charge in [-0.2, -0.15) is 0 Å². The van der Waals surface area contributed by atoms with Crippen LogP contribution in [-0.2, 0) is 20.9 Å². The van der Waals surface area contributed by atoms with Gasteiger partial charge in [-0.05, 0) is 23.9 Å². The Hall–Kier alpha value is -2.22. The molecule has 2 amide bonds. The molecular weight excluding hydrogens is 362 g/mol. The van der Waals surface area contributed by atoms with E-state index in [0.717, 1.165) is 18.7 Å². The highest BCUT2D eigenvalue weighted by Gasteiger charge is 2.30. The molecule has 1 aliphatic heterocycles. The Labute approximate surface area is 163 Å². The highest BCUT2D eigenvalue weighted by molar-refractivity contribution is 7.10. The van der Waals surface area contributed by atoms with Crippen LogP contribution in [-0.4, -0.2) is 49.1 Å². The van der Waals surface area contributed by atoms with Crippen LogP contribution in [0.1, 0.15) is 23.4 Å². The molecule has 7 heteroatoms. The van der Waals surface area contributed by atoms with Gasteiger partial charge in [0.05, 0.1) is 19.3 Å². The maximum absolute atomic E-state index is 12.4. The second-order valence-electron chi connectivity index (χ2n) is 6.54. The molecule has 0 aliphatic carbocycles. The van der Waals surface area contributed by atoms with E-state index in [0.29, 0.717) is 19.8 Å². The summed E-state index contributed by atoms with van der Waals surface area (Å²) in [6.07, 6.45) is 0. The molecule has 1 fully saturated rings. The predicted octanol–water partition coefficient (Wildman–Crippen LogP) is 1.94. The lowest BCUT2D eigenvalue weighted by atomic mass is 10.1. The van der Waals surface area contributed by atoms with E-state index in [2.05, 4.69) is 21.6 Å². The number of rotatable bonds is 6. The first-order chi connectivity index (χ1) is 13.1. The van der Waals surface area contributed by atoms with Crippen LogP contribution in [0.15, 0.2) is 47.8 Å². The average Bonchev–Trinajstić information content (AvgIpc) is 3.22. The highest BCUT2D eigenvalue weighted by atomic mass is 32.1. The SMILES string of the molecule is C[C@H](NC(=O)C(=O)NCc1ccccc1)[C@H](c1cccs1)N1CCOCC1. The van der Waals surface area contributed by atoms with Crippen LogP contribution in [0.3, 0.4) is 0 Å². The largest absolute Gasteiger partial charge is 0.379 e. The number of thiophene rings is 1. The molecule has 1 aliphatic rings. The Morgan fingerprint density at radius 2 is 1.85 bits per heavy atom. The molecule has 1 saturated heterocycles. The van der Waals surface area contributed by atoms with Crippen molar-refractivity contribution in [2.24, 2.45) is 0 Å². The quantitative estimate of drug-likeness (QED) is 0.744. The van der Waals surface area contributed by atoms with Gasteiger partial charge in [0, 0.05) is 30.6 Å². The van der Waals surface area contributed by atoms with E-state index in [1.807, 2.05) is 48.7 Å². The number of morpholine rings is 1. The molecule has 1 aromatic carbocycles. The van der Waals surface area contributed by atoms with Crippen molar-refractivity contribution in [3.8, 4) is 0 Å². The Kier molecular flexibility index (Phi) is 6.98. The van der Waals surface area contributed by atoms with Crippen LogP contribution in [0.2, 0.25) is 0 Å². The Morgan fingerprint density at radius 1 is 1.11 bits per heavy atom. The molecule has 6 nitrogen and oxygen atoms in total. The molecule has 0 saturated carbocycles. The van der Waals surface area contributed by atoms with Gasteiger partial charge in [0.15, 0.2) is 0 Å². The first-order valence-corrected chi connectivity index (χ1v) is 10.0. The number of carbonyl (C=O) groups excluding carboxylic acids is 2. The molecule has 2 heterocycles. The van der Waals surface area contributed by atoms with E-state index in [4.69, 9.17) is 4.74 Å². The number of nitrogens with zero attached hydrogens (tertiary/aromatic N) is 1. The smallest absolute Gasteiger partial charge is 0.309 e. The van der Waals surface area contributed by atoms with E-state index < -0.39 is 11.8 Å². The third-order valence-corrected chi connectivity index (χ3v) is 5.55. The van der Waals surface area contributed by atoms with Crippen LogP contribution >= 0.6 is 11.3 Å². The topological polar surface area (TPSA) is 70.7 Å². The van der Waals surface area contributed by atoms with Gasteiger partial charge in [0.25, 0.3) is 0 Å². The molecule has 0 radical (unpaired) electrons. The fourth-order valence-electron chi connectivity index (χ4n) is 3.27. The molecule has 0 unspecified atom stereocenters. The Morgan fingerprint density at radius 3 is 2.52 bits per heavy atom. The van der Waals surface area contributed by atoms with E-state index in [9.17, 15) is 9.59 Å². The van der Waals surface area contributed by atoms with Crippen LogP contribution in [0.5, 0.6) is 0 Å². The summed E-state index contributed by atoms with van der Waals surface area (Å²) in [6, 6.07) is 13.4. The summed E-state index contributed by atoms with van der Waals surface area (Å²) >= 11 is 1.66. The van der Waals surface area contributed by atoms with Crippen LogP contribution < -0.4 is 10.6 Å². The fourth-order valence-corrected chi connectivity index (χ4v) is 4.23. The van der Waals surface area contributed by atoms with Crippen molar-refractivity contribution in [2.75, 3.05) is 26.3 Å². The van der Waals surface area contributed by atoms with E-state index in [-0.39, 0.29) is 12.1 Å². The summed E-state index contributed by atoms with van der Waals surface area (Å²) in [7, 11) is 0. The van der Waals surface area contributed by atoms with Crippen LogP contribution in [0.25, 0.3) is 0 Å². The maximum atomic E-state index is 12.4. The second kappa shape index (κ2) is 9.64. The zero-order valence-electron chi connectivity index (χ0n) is 15.4. The van der Waals surface area contributed by atoms with Crippen molar-refractivity contribution in [3.05, 3.63) is 58.3 Å². The lowest BCUT2D eigenvalue weighted by Gasteiger charge is -2.37. The molecule has 0 spiro atoms. The summed E-state index contributed by atoms with van der Waals surface area (Å²) in [5.41, 5.74) is 0.955. The van der Waals surface area contributed by atoms with Gasteiger partial charge in [0.2, 0.25) is 0 Å². The zero-order chi connectivity index (χ0) is 19.1. The van der Waals surface area contributed by atoms with Crippen molar-refractivity contribution in [2.45, 2.75) is 25.6 Å². The third-order valence-electron chi connectivity index (χ3n) is 4.61. The summed E-state index contributed by atoms with van der Waals surface area (Å²) in [5, 5.41) is 7.58. The number of hydrogen-bond acceptors (Lipinski definition) is 5. The minimum atomic E-state index is -0.613. The standard InChI is InChI=1S/C20H25N3O3S/c1-15(18(17-8-5-13-27-17)23-9-11-26-12-10-23)22-20(25)19(24)21-14-16-6-3-2-4-7-16/h2-8,13,15,18H,9-12,14H2,1H3,(H,21,24)(H,22,25)/t15-,18+/m0/s1. The molecule has 27 heavy (non-hydrogen) atoms. The number of carbonyl (C=O) groups is 2. The summed E-state index contributed by atoms with van der Waals surface area (Å²) in [6.45, 7) is 5.26. The summed E-state index contributed by atoms with van der Waals surface area (Å²) < 4.78 is 5.45. The minimum absolute atomic E-state index is 0.0276. The van der Waals surface area contributed by atoms with Gasteiger partial charge in [-0.25, -0.2) is 0 Å². The molecule has 1 aromatic heterocycles. The Bertz CT molecular complexity index is 730. The normalized spacial score (nSPS) is 17.1. The van der Waals surface area contributed by atoms with Gasteiger partial charge >= 0.3 is 11.8 Å². The number of benzene rings is 1. The van der Waals surface area contributed by atoms with Gasteiger partial charge in [-0.1, -0.05) is 36.4 Å². The highest BCUT2D eigenvalue weighted by Crippen LogP contribution is 2.29. The van der Waals surface area contributed by atoms with Gasteiger partial charge in [-0.3, -0.25) is 14.5 Å². The second-order valence-corrected chi connectivity index (χ2v) is 7.52. The number of nitrogens with one attached hydrogen (secondary N) is 2. The lowest BCUT2D eigenvalue weighted by molar-refractivity contribution is -0.140.